The maximum Gasteiger partial charge on any atom is 0.221 e. The molecule has 0 spiro atoms. The van der Waals surface area contributed by atoms with E-state index in [4.69, 9.17) is 19.6 Å². The molecule has 0 saturated carbocycles. The summed E-state index contributed by atoms with van der Waals surface area (Å²) in [6.45, 7) is 10.5. The molecule has 1 fully saturated rings. The van der Waals surface area contributed by atoms with Crippen LogP contribution in [0, 0.1) is 0 Å². The second-order valence-corrected chi connectivity index (χ2v) is 7.66. The van der Waals surface area contributed by atoms with E-state index in [2.05, 4.69) is 23.9 Å². The fourth-order valence-electron chi connectivity index (χ4n) is 3.82. The minimum Gasteiger partial charge on any atom is -0.473 e. The van der Waals surface area contributed by atoms with Crippen LogP contribution >= 0.6 is 0 Å². The summed E-state index contributed by atoms with van der Waals surface area (Å²) in [6, 6.07) is 2.04. The Kier molecular flexibility index (Phi) is 6.15. The summed E-state index contributed by atoms with van der Waals surface area (Å²) < 4.78 is 15.8. The molecule has 4 rings (SSSR count). The van der Waals surface area contributed by atoms with Crippen LogP contribution in [0.25, 0.3) is 28.2 Å². The predicted molar refractivity (Wildman–Crippen MR) is 117 cm³/mol. The van der Waals surface area contributed by atoms with Gasteiger partial charge in [-0.1, -0.05) is 13.5 Å². The van der Waals surface area contributed by atoms with Gasteiger partial charge in [0.2, 0.25) is 5.88 Å². The molecular weight excluding hydrogens is 380 g/mol. The van der Waals surface area contributed by atoms with Crippen molar-refractivity contribution in [1.82, 2.24) is 29.9 Å². The number of hydrogen-bond donors (Lipinski definition) is 1. The Morgan fingerprint density at radius 3 is 3.00 bits per heavy atom. The van der Waals surface area contributed by atoms with Crippen LogP contribution < -0.4 is 10.1 Å². The summed E-state index contributed by atoms with van der Waals surface area (Å²) in [7, 11) is 1.88. The van der Waals surface area contributed by atoms with Crippen molar-refractivity contribution in [1.29, 1.82) is 0 Å². The van der Waals surface area contributed by atoms with Crippen LogP contribution in [0.3, 0.4) is 0 Å². The van der Waals surface area contributed by atoms with Crippen LogP contribution in [0.2, 0.25) is 0 Å². The Bertz CT molecular complexity index is 1020. The number of likely N-dealkylation sites (N-methyl/N-ethyl adjacent to an activating group) is 1. The summed E-state index contributed by atoms with van der Waals surface area (Å²) in [5.74, 6) is 0.704. The molecule has 3 aromatic heterocycles. The molecule has 1 unspecified atom stereocenters. The van der Waals surface area contributed by atoms with Gasteiger partial charge in [-0.2, -0.15) is 10.2 Å². The highest BCUT2D eigenvalue weighted by molar-refractivity contribution is 5.89. The Balaban J connectivity index is 1.70. The van der Waals surface area contributed by atoms with E-state index in [1.807, 2.05) is 30.9 Å². The Morgan fingerprint density at radius 2 is 2.27 bits per heavy atom. The van der Waals surface area contributed by atoms with Crippen molar-refractivity contribution in [2.24, 2.45) is 7.05 Å². The van der Waals surface area contributed by atoms with Crippen LogP contribution in [0.1, 0.15) is 45.0 Å². The Morgan fingerprint density at radius 1 is 1.40 bits per heavy atom. The number of ether oxygens (including phenoxy) is 2. The SMILES string of the molecule is C=Cc1nn(C2CCCCO2)c2cnc(-c3cnn(C)c3O[C@@H](C)CNCC)cc12. The van der Waals surface area contributed by atoms with Crippen molar-refractivity contribution in [3.8, 4) is 17.1 Å². The van der Waals surface area contributed by atoms with Crippen LogP contribution in [-0.4, -0.2) is 50.3 Å². The first-order chi connectivity index (χ1) is 14.6. The molecule has 8 heteroatoms. The zero-order chi connectivity index (χ0) is 21.1. The molecule has 0 amide bonds. The standard InChI is InChI=1S/C22H30N6O2/c1-5-18-16-11-19(17-13-25-27(4)22(17)30-15(3)12-23-6-2)24-14-20(16)28(26-18)21-9-7-8-10-29-21/h5,11,13-15,21,23H,1,6-10,12H2,2-4H3/t15-,21?/m0/s1. The van der Waals surface area contributed by atoms with E-state index in [0.717, 1.165) is 66.8 Å². The van der Waals surface area contributed by atoms with Crippen LogP contribution in [0.5, 0.6) is 5.88 Å². The molecule has 160 valence electrons. The number of nitrogens with zero attached hydrogens (tertiary/aromatic N) is 5. The maximum atomic E-state index is 6.18. The summed E-state index contributed by atoms with van der Waals surface area (Å²) >= 11 is 0. The fraction of sp³-hybridized carbons (Fsp3) is 0.500. The van der Waals surface area contributed by atoms with Gasteiger partial charge in [0.1, 0.15) is 6.10 Å². The second kappa shape index (κ2) is 8.97. The van der Waals surface area contributed by atoms with E-state index in [0.29, 0.717) is 5.88 Å². The molecule has 30 heavy (non-hydrogen) atoms. The van der Waals surface area contributed by atoms with Crippen LogP contribution in [0.15, 0.2) is 25.0 Å². The minimum atomic E-state index is -0.0493. The number of pyridine rings is 1. The highest BCUT2D eigenvalue weighted by Crippen LogP contribution is 2.33. The van der Waals surface area contributed by atoms with E-state index < -0.39 is 0 Å². The second-order valence-electron chi connectivity index (χ2n) is 7.66. The van der Waals surface area contributed by atoms with E-state index in [1.165, 1.54) is 0 Å². The first-order valence-corrected chi connectivity index (χ1v) is 10.6. The quantitative estimate of drug-likeness (QED) is 0.612. The molecule has 4 heterocycles. The zero-order valence-corrected chi connectivity index (χ0v) is 18.0. The van der Waals surface area contributed by atoms with Gasteiger partial charge in [-0.3, -0.25) is 4.98 Å². The zero-order valence-electron chi connectivity index (χ0n) is 18.0. The number of nitrogens with one attached hydrogen (secondary N) is 1. The highest BCUT2D eigenvalue weighted by atomic mass is 16.5. The van der Waals surface area contributed by atoms with Crippen LogP contribution in [-0.2, 0) is 11.8 Å². The van der Waals surface area contributed by atoms with E-state index in [-0.39, 0.29) is 12.3 Å². The number of aromatic nitrogens is 5. The van der Waals surface area contributed by atoms with Crippen molar-refractivity contribution in [3.05, 3.63) is 30.7 Å². The average molecular weight is 411 g/mol. The average Bonchev–Trinajstić information content (AvgIpc) is 3.33. The molecule has 0 radical (unpaired) electrons. The summed E-state index contributed by atoms with van der Waals surface area (Å²) in [5.41, 5.74) is 3.44. The van der Waals surface area contributed by atoms with Gasteiger partial charge in [0.15, 0.2) is 6.23 Å². The highest BCUT2D eigenvalue weighted by Gasteiger charge is 2.22. The van der Waals surface area contributed by atoms with Gasteiger partial charge in [0, 0.05) is 25.6 Å². The van der Waals surface area contributed by atoms with Crippen molar-refractivity contribution < 1.29 is 9.47 Å². The summed E-state index contributed by atoms with van der Waals surface area (Å²) in [5, 5.41) is 13.5. The minimum absolute atomic E-state index is 0.0118. The molecule has 3 aromatic rings. The maximum absolute atomic E-state index is 6.18. The lowest BCUT2D eigenvalue weighted by Gasteiger charge is -2.23. The molecule has 0 aromatic carbocycles. The molecule has 2 atom stereocenters. The third-order valence-electron chi connectivity index (χ3n) is 5.40. The monoisotopic (exact) mass is 410 g/mol. The summed E-state index contributed by atoms with van der Waals surface area (Å²) in [4.78, 5) is 4.72. The third-order valence-corrected chi connectivity index (χ3v) is 5.40. The van der Waals surface area contributed by atoms with Crippen LogP contribution in [0.4, 0.5) is 0 Å². The smallest absolute Gasteiger partial charge is 0.221 e. The fourth-order valence-corrected chi connectivity index (χ4v) is 3.82. The van der Waals surface area contributed by atoms with Crippen molar-refractivity contribution >= 4 is 17.0 Å². The topological polar surface area (TPSA) is 79.0 Å². The van der Waals surface area contributed by atoms with Crippen molar-refractivity contribution in [2.45, 2.75) is 45.4 Å². The van der Waals surface area contributed by atoms with Gasteiger partial charge in [0.25, 0.3) is 0 Å². The number of aryl methyl sites for hydroxylation is 1. The normalized spacial score (nSPS) is 17.9. The lowest BCUT2D eigenvalue weighted by Crippen LogP contribution is -2.29. The van der Waals surface area contributed by atoms with E-state index >= 15 is 0 Å². The van der Waals surface area contributed by atoms with Gasteiger partial charge in [-0.15, -0.1) is 0 Å². The van der Waals surface area contributed by atoms with Crippen molar-refractivity contribution in [2.75, 3.05) is 19.7 Å². The molecular formula is C22H30N6O2. The van der Waals surface area contributed by atoms with E-state index in [1.54, 1.807) is 17.0 Å². The Labute approximate surface area is 176 Å². The lowest BCUT2D eigenvalue weighted by molar-refractivity contribution is -0.0367. The van der Waals surface area contributed by atoms with Gasteiger partial charge in [0.05, 0.1) is 34.9 Å². The molecule has 1 saturated heterocycles. The number of hydrogen-bond acceptors (Lipinski definition) is 6. The molecule has 0 bridgehead atoms. The Hall–Kier alpha value is -2.71. The lowest BCUT2D eigenvalue weighted by atomic mass is 10.1. The first kappa shape index (κ1) is 20.6. The van der Waals surface area contributed by atoms with E-state index in [9.17, 15) is 0 Å². The predicted octanol–water partition coefficient (Wildman–Crippen LogP) is 3.55. The third kappa shape index (κ3) is 3.97. The number of fused-ring (bicyclic) bond motifs is 1. The molecule has 1 N–H and O–H groups in total. The van der Waals surface area contributed by atoms with Gasteiger partial charge in [-0.05, 0) is 44.9 Å². The molecule has 1 aliphatic rings. The molecule has 1 aliphatic heterocycles. The van der Waals surface area contributed by atoms with Gasteiger partial charge in [-0.25, -0.2) is 9.36 Å². The van der Waals surface area contributed by atoms with Gasteiger partial charge < -0.3 is 14.8 Å². The molecule has 0 aliphatic carbocycles. The molecule has 8 nitrogen and oxygen atoms in total. The summed E-state index contributed by atoms with van der Waals surface area (Å²) in [6.07, 6.45) is 8.60. The first-order valence-electron chi connectivity index (χ1n) is 10.6. The largest absolute Gasteiger partial charge is 0.473 e. The number of rotatable bonds is 8. The van der Waals surface area contributed by atoms with Gasteiger partial charge >= 0.3 is 0 Å². The van der Waals surface area contributed by atoms with Crippen molar-refractivity contribution in [3.63, 3.8) is 0 Å².